The highest BCUT2D eigenvalue weighted by Gasteiger charge is 2.34. The molecule has 3 heterocycles. The fourth-order valence-corrected chi connectivity index (χ4v) is 4.05. The molecule has 0 unspecified atom stereocenters. The van der Waals surface area contributed by atoms with Gasteiger partial charge in [-0.25, -0.2) is 9.37 Å². The maximum atomic E-state index is 14.6. The number of H-pyrrole nitrogens is 1. The molecule has 0 radical (unpaired) electrons. The molecule has 2 aromatic carbocycles. The zero-order valence-electron chi connectivity index (χ0n) is 16.7. The number of benzene rings is 2. The Hall–Kier alpha value is -3.03. The van der Waals surface area contributed by atoms with Crippen LogP contribution in [0.2, 0.25) is 0 Å². The summed E-state index contributed by atoms with van der Waals surface area (Å²) in [7, 11) is 1.63. The van der Waals surface area contributed by atoms with Gasteiger partial charge in [-0.15, -0.1) is 0 Å². The molecule has 1 aliphatic heterocycles. The quantitative estimate of drug-likeness (QED) is 0.527. The third-order valence-electron chi connectivity index (χ3n) is 5.58. The molecule has 2 atom stereocenters. The number of nitrogens with zero attached hydrogens (tertiary/aromatic N) is 3. The van der Waals surface area contributed by atoms with E-state index in [1.165, 1.54) is 0 Å². The topological polar surface area (TPSA) is 63.3 Å². The van der Waals surface area contributed by atoms with Crippen molar-refractivity contribution in [3.63, 3.8) is 0 Å². The molecule has 0 saturated carbocycles. The number of aromatic nitrogens is 3. The summed E-state index contributed by atoms with van der Waals surface area (Å²) in [6.07, 6.45) is 0.314. The van der Waals surface area contributed by atoms with Crippen LogP contribution in [0.4, 0.5) is 4.39 Å². The normalized spacial score (nSPS) is 19.7. The van der Waals surface area contributed by atoms with E-state index in [1.807, 2.05) is 48.7 Å². The lowest BCUT2D eigenvalue weighted by Crippen LogP contribution is -2.24. The van der Waals surface area contributed by atoms with Crippen LogP contribution in [0.3, 0.4) is 0 Å². The van der Waals surface area contributed by atoms with E-state index in [9.17, 15) is 4.39 Å². The minimum Gasteiger partial charge on any atom is -0.497 e. The summed E-state index contributed by atoms with van der Waals surface area (Å²) in [6.45, 7) is 1.83. The Morgan fingerprint density at radius 2 is 2.03 bits per heavy atom. The van der Waals surface area contributed by atoms with Crippen LogP contribution in [0.25, 0.3) is 21.9 Å². The maximum Gasteiger partial charge on any atom is 0.140 e. The summed E-state index contributed by atoms with van der Waals surface area (Å²) in [6, 6.07) is 15.7. The molecule has 0 bridgehead atoms. The number of hydrogen-bond acceptors (Lipinski definition) is 5. The van der Waals surface area contributed by atoms with Crippen molar-refractivity contribution < 1.29 is 13.9 Å². The maximum absolute atomic E-state index is 14.6. The summed E-state index contributed by atoms with van der Waals surface area (Å²) >= 11 is 0. The Kier molecular flexibility index (Phi) is 5.06. The molecule has 1 N–H and O–H groups in total. The van der Waals surface area contributed by atoms with Crippen molar-refractivity contribution in [2.75, 3.05) is 20.2 Å². The van der Waals surface area contributed by atoms with E-state index >= 15 is 0 Å². The Morgan fingerprint density at radius 1 is 1.13 bits per heavy atom. The molecule has 154 valence electrons. The van der Waals surface area contributed by atoms with Crippen LogP contribution in [0, 0.1) is 0 Å². The van der Waals surface area contributed by atoms with Gasteiger partial charge in [0, 0.05) is 37.3 Å². The monoisotopic (exact) mass is 406 g/mol. The second-order valence-electron chi connectivity index (χ2n) is 7.61. The second-order valence-corrected chi connectivity index (χ2v) is 7.61. The van der Waals surface area contributed by atoms with E-state index in [0.29, 0.717) is 25.5 Å². The van der Waals surface area contributed by atoms with Gasteiger partial charge in [-0.1, -0.05) is 18.2 Å². The van der Waals surface area contributed by atoms with Crippen molar-refractivity contribution in [3.05, 3.63) is 66.1 Å². The molecule has 0 amide bonds. The van der Waals surface area contributed by atoms with Gasteiger partial charge in [0.1, 0.15) is 30.5 Å². The molecule has 1 aliphatic rings. The summed E-state index contributed by atoms with van der Waals surface area (Å²) in [5.41, 5.74) is 3.83. The standard InChI is InChI=1S/C23H23FN4O2/c1-29-16-6-7-20-21(10-16)27-23(26-20)14-30-22-13-28(12-18(22)24)11-15-8-9-25-19-5-3-2-4-17(15)19/h2-10,18,22H,11-14H2,1H3,(H,26,27)/t18-,22+/m1/s1. The van der Waals surface area contributed by atoms with Gasteiger partial charge < -0.3 is 14.5 Å². The average Bonchev–Trinajstić information content (AvgIpc) is 3.34. The van der Waals surface area contributed by atoms with Gasteiger partial charge in [0.25, 0.3) is 0 Å². The van der Waals surface area contributed by atoms with Crippen LogP contribution >= 0.6 is 0 Å². The number of pyridine rings is 1. The van der Waals surface area contributed by atoms with Gasteiger partial charge >= 0.3 is 0 Å². The van der Waals surface area contributed by atoms with E-state index in [-0.39, 0.29) is 6.61 Å². The molecule has 5 rings (SSSR count). The molecule has 2 aromatic heterocycles. The molecule has 4 aromatic rings. The van der Waals surface area contributed by atoms with E-state index in [4.69, 9.17) is 9.47 Å². The number of fused-ring (bicyclic) bond motifs is 2. The first-order valence-corrected chi connectivity index (χ1v) is 10.0. The minimum atomic E-state index is -1.03. The van der Waals surface area contributed by atoms with Gasteiger partial charge in [-0.3, -0.25) is 9.88 Å². The largest absolute Gasteiger partial charge is 0.497 e. The van der Waals surface area contributed by atoms with Gasteiger partial charge in [-0.2, -0.15) is 0 Å². The first kappa shape index (κ1) is 19.0. The summed E-state index contributed by atoms with van der Waals surface area (Å²) < 4.78 is 25.8. The number of ether oxygens (including phenoxy) is 2. The molecule has 0 spiro atoms. The van der Waals surface area contributed by atoms with Crippen molar-refractivity contribution in [1.29, 1.82) is 0 Å². The first-order valence-electron chi connectivity index (χ1n) is 10.0. The fraction of sp³-hybridized carbons (Fsp3) is 0.304. The van der Waals surface area contributed by atoms with Crippen molar-refractivity contribution in [2.45, 2.75) is 25.4 Å². The molecule has 1 saturated heterocycles. The molecule has 7 heteroatoms. The number of likely N-dealkylation sites (tertiary alicyclic amines) is 1. The highest BCUT2D eigenvalue weighted by Crippen LogP contribution is 2.24. The molecule has 30 heavy (non-hydrogen) atoms. The van der Waals surface area contributed by atoms with Crippen LogP contribution in [0.1, 0.15) is 11.4 Å². The number of imidazole rings is 1. The number of nitrogens with one attached hydrogen (secondary N) is 1. The van der Waals surface area contributed by atoms with Crippen molar-refractivity contribution >= 4 is 21.9 Å². The average molecular weight is 406 g/mol. The summed E-state index contributed by atoms with van der Waals surface area (Å²) in [5, 5.41) is 1.11. The third kappa shape index (κ3) is 3.74. The van der Waals surface area contributed by atoms with Crippen molar-refractivity contribution in [2.24, 2.45) is 0 Å². The lowest BCUT2D eigenvalue weighted by molar-refractivity contribution is 0.00864. The SMILES string of the molecule is COc1ccc2nc(CO[C@H]3CN(Cc4ccnc5ccccc45)C[C@H]3F)[nH]c2c1. The smallest absolute Gasteiger partial charge is 0.140 e. The number of rotatable bonds is 6. The summed E-state index contributed by atoms with van der Waals surface area (Å²) in [4.78, 5) is 14.2. The minimum absolute atomic E-state index is 0.244. The van der Waals surface area contributed by atoms with Gasteiger partial charge in [-0.05, 0) is 29.8 Å². The Bertz CT molecular complexity index is 1170. The van der Waals surface area contributed by atoms with Gasteiger partial charge in [0.15, 0.2) is 0 Å². The van der Waals surface area contributed by atoms with E-state index in [0.717, 1.165) is 33.2 Å². The third-order valence-corrected chi connectivity index (χ3v) is 5.58. The Morgan fingerprint density at radius 3 is 2.93 bits per heavy atom. The molecule has 6 nitrogen and oxygen atoms in total. The van der Waals surface area contributed by atoms with Crippen LogP contribution in [-0.2, 0) is 17.9 Å². The predicted octanol–water partition coefficient (Wildman–Crippen LogP) is 3.86. The number of para-hydroxylation sites is 1. The van der Waals surface area contributed by atoms with Crippen LogP contribution in [-0.4, -0.2) is 52.3 Å². The number of halogens is 1. The van der Waals surface area contributed by atoms with Crippen LogP contribution in [0.5, 0.6) is 5.75 Å². The first-order chi connectivity index (χ1) is 14.7. The molecule has 1 fully saturated rings. The van der Waals surface area contributed by atoms with Gasteiger partial charge in [0.2, 0.25) is 0 Å². The second kappa shape index (κ2) is 8.01. The van der Waals surface area contributed by atoms with E-state index in [1.54, 1.807) is 7.11 Å². The lowest BCUT2D eigenvalue weighted by atomic mass is 10.1. The number of methoxy groups -OCH3 is 1. The number of aromatic amines is 1. The predicted molar refractivity (Wildman–Crippen MR) is 113 cm³/mol. The zero-order valence-corrected chi connectivity index (χ0v) is 16.7. The highest BCUT2D eigenvalue weighted by molar-refractivity contribution is 5.81. The van der Waals surface area contributed by atoms with Crippen LogP contribution < -0.4 is 4.74 Å². The number of hydrogen-bond donors (Lipinski definition) is 1. The number of alkyl halides is 1. The lowest BCUT2D eigenvalue weighted by Gasteiger charge is -2.16. The van der Waals surface area contributed by atoms with Gasteiger partial charge in [0.05, 0.1) is 23.7 Å². The van der Waals surface area contributed by atoms with Crippen molar-refractivity contribution in [3.8, 4) is 5.75 Å². The Labute approximate surface area is 173 Å². The molecular weight excluding hydrogens is 383 g/mol. The zero-order chi connectivity index (χ0) is 20.5. The molecular formula is C23H23FN4O2. The summed E-state index contributed by atoms with van der Waals surface area (Å²) in [5.74, 6) is 1.45. The van der Waals surface area contributed by atoms with Crippen molar-refractivity contribution in [1.82, 2.24) is 19.9 Å². The Balaban J connectivity index is 1.23. The van der Waals surface area contributed by atoms with E-state index in [2.05, 4.69) is 25.9 Å². The van der Waals surface area contributed by atoms with E-state index < -0.39 is 12.3 Å². The highest BCUT2D eigenvalue weighted by atomic mass is 19.1. The molecule has 0 aliphatic carbocycles. The fourth-order valence-electron chi connectivity index (χ4n) is 4.05. The van der Waals surface area contributed by atoms with Crippen LogP contribution in [0.15, 0.2) is 54.7 Å².